The van der Waals surface area contributed by atoms with Crippen LogP contribution in [0.25, 0.3) is 10.9 Å². The summed E-state index contributed by atoms with van der Waals surface area (Å²) in [6.45, 7) is 1.06. The second-order valence-electron chi connectivity index (χ2n) is 6.07. The zero-order chi connectivity index (χ0) is 16.2. The van der Waals surface area contributed by atoms with Crippen LogP contribution in [0.1, 0.15) is 15.9 Å². The first-order valence-corrected chi connectivity index (χ1v) is 9.43. The molecule has 3 heterocycles. The molecule has 7 heteroatoms. The summed E-state index contributed by atoms with van der Waals surface area (Å²) in [5.74, 6) is -0.442. The predicted octanol–water partition coefficient (Wildman–Crippen LogP) is 0.428. The fourth-order valence-electron chi connectivity index (χ4n) is 3.40. The minimum absolute atomic E-state index is 0.0370. The molecule has 4 rings (SSSR count). The van der Waals surface area contributed by atoms with Crippen LogP contribution in [0, 0.1) is 0 Å². The van der Waals surface area contributed by atoms with Crippen LogP contribution in [0.4, 0.5) is 0 Å². The Balaban J connectivity index is 1.78. The number of aromatic nitrogens is 1. The van der Waals surface area contributed by atoms with E-state index >= 15 is 0 Å². The molecule has 2 aliphatic rings. The van der Waals surface area contributed by atoms with Crippen molar-refractivity contribution < 1.29 is 13.2 Å². The molecule has 6 nitrogen and oxygen atoms in total. The molecule has 0 spiro atoms. The SMILES string of the molecule is O=C(c1cn2c3c(cccc3c1=O)CC2)N1CCS(=O)(=O)CC1. The Bertz CT molecular complexity index is 977. The van der Waals surface area contributed by atoms with Crippen LogP contribution in [0.3, 0.4) is 0 Å². The van der Waals surface area contributed by atoms with Crippen molar-refractivity contribution in [3.63, 3.8) is 0 Å². The minimum Gasteiger partial charge on any atom is -0.346 e. The largest absolute Gasteiger partial charge is 0.346 e. The van der Waals surface area contributed by atoms with Crippen molar-refractivity contribution >= 4 is 26.6 Å². The van der Waals surface area contributed by atoms with Gasteiger partial charge in [0.15, 0.2) is 9.84 Å². The van der Waals surface area contributed by atoms with Crippen molar-refractivity contribution in [2.75, 3.05) is 24.6 Å². The molecule has 0 radical (unpaired) electrons. The zero-order valence-corrected chi connectivity index (χ0v) is 13.3. The van der Waals surface area contributed by atoms with Gasteiger partial charge in [-0.1, -0.05) is 12.1 Å². The number of hydrogen-bond donors (Lipinski definition) is 0. The van der Waals surface area contributed by atoms with E-state index in [9.17, 15) is 18.0 Å². The van der Waals surface area contributed by atoms with Gasteiger partial charge in [0.05, 0.1) is 17.0 Å². The van der Waals surface area contributed by atoms with Gasteiger partial charge < -0.3 is 9.47 Å². The van der Waals surface area contributed by atoms with E-state index in [1.165, 1.54) is 4.90 Å². The van der Waals surface area contributed by atoms with E-state index in [1.807, 2.05) is 16.7 Å². The van der Waals surface area contributed by atoms with E-state index < -0.39 is 9.84 Å². The smallest absolute Gasteiger partial charge is 0.259 e. The summed E-state index contributed by atoms with van der Waals surface area (Å²) < 4.78 is 25.0. The van der Waals surface area contributed by atoms with E-state index in [4.69, 9.17) is 0 Å². The molecule has 0 saturated carbocycles. The van der Waals surface area contributed by atoms with Crippen LogP contribution in [0.2, 0.25) is 0 Å². The van der Waals surface area contributed by atoms with E-state index in [1.54, 1.807) is 12.3 Å². The quantitative estimate of drug-likeness (QED) is 0.759. The van der Waals surface area contributed by atoms with Gasteiger partial charge >= 0.3 is 0 Å². The van der Waals surface area contributed by atoms with Crippen molar-refractivity contribution in [1.82, 2.24) is 9.47 Å². The number of sulfone groups is 1. The normalized spacial score (nSPS) is 19.2. The molecule has 1 saturated heterocycles. The topological polar surface area (TPSA) is 76.5 Å². The first kappa shape index (κ1) is 14.4. The van der Waals surface area contributed by atoms with E-state index in [2.05, 4.69) is 0 Å². The highest BCUT2D eigenvalue weighted by Gasteiger charge is 2.28. The second kappa shape index (κ2) is 4.92. The maximum absolute atomic E-state index is 12.7. The van der Waals surface area contributed by atoms with E-state index in [0.29, 0.717) is 5.39 Å². The summed E-state index contributed by atoms with van der Waals surface area (Å²) in [6.07, 6.45) is 2.49. The molecule has 0 aliphatic carbocycles. The van der Waals surface area contributed by atoms with Gasteiger partial charge in [-0.25, -0.2) is 8.42 Å². The molecule has 1 aromatic heterocycles. The molecule has 1 amide bonds. The Hall–Kier alpha value is -2.15. The molecule has 2 aliphatic heterocycles. The third-order valence-corrected chi connectivity index (χ3v) is 6.27. The molecule has 1 fully saturated rings. The van der Waals surface area contributed by atoms with Gasteiger partial charge in [-0.15, -0.1) is 0 Å². The average Bonchev–Trinajstić information content (AvgIpc) is 2.94. The number of rotatable bonds is 1. The van der Waals surface area contributed by atoms with Gasteiger partial charge in [0.25, 0.3) is 5.91 Å². The molecule has 0 N–H and O–H groups in total. The van der Waals surface area contributed by atoms with Crippen molar-refractivity contribution in [1.29, 1.82) is 0 Å². The highest BCUT2D eigenvalue weighted by molar-refractivity contribution is 7.91. The molecule has 0 bridgehead atoms. The van der Waals surface area contributed by atoms with Crippen molar-refractivity contribution in [3.05, 3.63) is 45.7 Å². The molecule has 1 aromatic carbocycles. The summed E-state index contributed by atoms with van der Waals surface area (Å²) in [4.78, 5) is 26.8. The first-order chi connectivity index (χ1) is 11.0. The highest BCUT2D eigenvalue weighted by Crippen LogP contribution is 2.24. The Kier molecular flexibility index (Phi) is 3.09. The van der Waals surface area contributed by atoms with Crippen molar-refractivity contribution in [3.8, 4) is 0 Å². The van der Waals surface area contributed by atoms with Gasteiger partial charge in [0, 0.05) is 31.2 Å². The third-order valence-electron chi connectivity index (χ3n) is 4.67. The van der Waals surface area contributed by atoms with Crippen molar-refractivity contribution in [2.45, 2.75) is 13.0 Å². The van der Waals surface area contributed by atoms with Crippen LogP contribution >= 0.6 is 0 Å². The zero-order valence-electron chi connectivity index (χ0n) is 12.5. The first-order valence-electron chi connectivity index (χ1n) is 7.61. The lowest BCUT2D eigenvalue weighted by Crippen LogP contribution is -2.45. The molecule has 0 unspecified atom stereocenters. The lowest BCUT2D eigenvalue weighted by atomic mass is 10.1. The fraction of sp³-hybridized carbons (Fsp3) is 0.375. The lowest BCUT2D eigenvalue weighted by molar-refractivity contribution is 0.0768. The molecule has 0 atom stereocenters. The average molecular weight is 332 g/mol. The standard InChI is InChI=1S/C16H16N2O4S/c19-15-12-3-1-2-11-4-5-18(14(11)12)10-13(15)16(20)17-6-8-23(21,22)9-7-17/h1-3,10H,4-9H2. The Labute approximate surface area is 133 Å². The van der Waals surface area contributed by atoms with Crippen LogP contribution in [0.15, 0.2) is 29.2 Å². The van der Waals surface area contributed by atoms with Gasteiger partial charge in [-0.2, -0.15) is 0 Å². The summed E-state index contributed by atoms with van der Waals surface area (Å²) in [7, 11) is -3.06. The van der Waals surface area contributed by atoms with Crippen molar-refractivity contribution in [2.24, 2.45) is 0 Å². The predicted molar refractivity (Wildman–Crippen MR) is 86.5 cm³/mol. The summed E-state index contributed by atoms with van der Waals surface area (Å²) in [6, 6.07) is 5.60. The monoisotopic (exact) mass is 332 g/mol. The number of benzene rings is 1. The maximum Gasteiger partial charge on any atom is 0.259 e. The molecule has 23 heavy (non-hydrogen) atoms. The Morgan fingerprint density at radius 2 is 1.83 bits per heavy atom. The summed E-state index contributed by atoms with van der Waals surface area (Å²) >= 11 is 0. The number of hydrogen-bond acceptors (Lipinski definition) is 4. The molecular weight excluding hydrogens is 316 g/mol. The third kappa shape index (κ3) is 2.26. The van der Waals surface area contributed by atoms with Crippen LogP contribution in [-0.4, -0.2) is 48.4 Å². The number of carbonyl (C=O) groups is 1. The molecule has 2 aromatic rings. The lowest BCUT2D eigenvalue weighted by Gasteiger charge is -2.26. The van der Waals surface area contributed by atoms with Gasteiger partial charge in [-0.3, -0.25) is 9.59 Å². The highest BCUT2D eigenvalue weighted by atomic mass is 32.2. The van der Waals surface area contributed by atoms with Crippen LogP contribution in [-0.2, 0) is 22.8 Å². The number of nitrogens with zero attached hydrogens (tertiary/aromatic N) is 2. The maximum atomic E-state index is 12.7. The molecule has 120 valence electrons. The van der Waals surface area contributed by atoms with Gasteiger partial charge in [0.1, 0.15) is 5.56 Å². The number of pyridine rings is 1. The van der Waals surface area contributed by atoms with Crippen LogP contribution in [0.5, 0.6) is 0 Å². The Morgan fingerprint density at radius 1 is 1.09 bits per heavy atom. The Morgan fingerprint density at radius 3 is 2.57 bits per heavy atom. The summed E-state index contributed by atoms with van der Waals surface area (Å²) in [5, 5.41) is 0.565. The number of carbonyl (C=O) groups excluding carboxylic acids is 1. The number of amides is 1. The van der Waals surface area contributed by atoms with Gasteiger partial charge in [0.2, 0.25) is 5.43 Å². The number of para-hydroxylation sites is 1. The molecular formula is C16H16N2O4S. The second-order valence-corrected chi connectivity index (χ2v) is 8.38. The summed E-state index contributed by atoms with van der Waals surface area (Å²) in [5.41, 5.74) is 1.91. The van der Waals surface area contributed by atoms with Gasteiger partial charge in [-0.05, 0) is 18.1 Å². The van der Waals surface area contributed by atoms with E-state index in [-0.39, 0.29) is 41.5 Å². The van der Waals surface area contributed by atoms with Crippen LogP contribution < -0.4 is 5.43 Å². The minimum atomic E-state index is -3.06. The van der Waals surface area contributed by atoms with E-state index in [0.717, 1.165) is 24.0 Å². The fourth-order valence-corrected chi connectivity index (χ4v) is 4.60. The number of aryl methyl sites for hydroxylation is 2.